The minimum absolute atomic E-state index is 0.129. The fourth-order valence-corrected chi connectivity index (χ4v) is 4.76. The quantitative estimate of drug-likeness (QED) is 0.584. The summed E-state index contributed by atoms with van der Waals surface area (Å²) in [6.07, 6.45) is 0.631. The Balaban J connectivity index is 1.59. The van der Waals surface area contributed by atoms with Crippen LogP contribution in [0.5, 0.6) is 5.75 Å². The molecule has 2 atom stereocenters. The summed E-state index contributed by atoms with van der Waals surface area (Å²) in [5.41, 5.74) is 1.93. The molecule has 3 aliphatic heterocycles. The lowest BCUT2D eigenvalue weighted by Gasteiger charge is -2.43. The highest BCUT2D eigenvalue weighted by molar-refractivity contribution is 9.10. The van der Waals surface area contributed by atoms with Gasteiger partial charge in [-0.3, -0.25) is 4.79 Å². The van der Waals surface area contributed by atoms with Crippen LogP contribution in [0, 0.1) is 6.92 Å². The zero-order valence-electron chi connectivity index (χ0n) is 15.5. The van der Waals surface area contributed by atoms with Gasteiger partial charge >= 0.3 is 5.72 Å². The number of rotatable bonds is 1. The van der Waals surface area contributed by atoms with Crippen molar-refractivity contribution in [1.82, 2.24) is 5.01 Å². The Morgan fingerprint density at radius 2 is 2.07 bits per heavy atom. The van der Waals surface area contributed by atoms with Gasteiger partial charge in [0.2, 0.25) is 0 Å². The zero-order valence-corrected chi connectivity index (χ0v) is 17.1. The Labute approximate surface area is 175 Å². The van der Waals surface area contributed by atoms with Crippen molar-refractivity contribution in [2.75, 3.05) is 5.32 Å². The van der Waals surface area contributed by atoms with Gasteiger partial charge in [-0.25, -0.2) is 5.01 Å². The van der Waals surface area contributed by atoms with Crippen molar-refractivity contribution in [3.63, 3.8) is 0 Å². The molecule has 0 aliphatic carbocycles. The molecule has 4 heterocycles. The highest BCUT2D eigenvalue weighted by Crippen LogP contribution is 2.54. The molecule has 0 fully saturated rings. The predicted molar refractivity (Wildman–Crippen MR) is 111 cm³/mol. The van der Waals surface area contributed by atoms with E-state index in [4.69, 9.17) is 14.3 Å². The van der Waals surface area contributed by atoms with Gasteiger partial charge < -0.3 is 14.5 Å². The minimum atomic E-state index is -1.36. The number of furan rings is 1. The van der Waals surface area contributed by atoms with E-state index in [0.717, 1.165) is 38.5 Å². The van der Waals surface area contributed by atoms with Crippen LogP contribution in [0.3, 0.4) is 0 Å². The second-order valence-corrected chi connectivity index (χ2v) is 8.37. The number of hydrazone groups is 1. The van der Waals surface area contributed by atoms with Crippen molar-refractivity contribution in [1.29, 1.82) is 0 Å². The van der Waals surface area contributed by atoms with Crippen LogP contribution in [0.2, 0.25) is 0 Å². The lowest BCUT2D eigenvalue weighted by molar-refractivity contribution is -0.161. The summed E-state index contributed by atoms with van der Waals surface area (Å²) in [5, 5.41) is 9.63. The van der Waals surface area contributed by atoms with Gasteiger partial charge in [-0.05, 0) is 43.3 Å². The monoisotopic (exact) mass is 449 g/mol. The molecule has 0 radical (unpaired) electrons. The number of hydrogen-bond donors (Lipinski definition) is 1. The van der Waals surface area contributed by atoms with Crippen LogP contribution >= 0.6 is 15.9 Å². The summed E-state index contributed by atoms with van der Waals surface area (Å²) in [6.45, 7) is 1.91. The van der Waals surface area contributed by atoms with Gasteiger partial charge in [-0.1, -0.05) is 34.1 Å². The number of para-hydroxylation sites is 1. The highest BCUT2D eigenvalue weighted by Gasteiger charge is 2.61. The number of fused-ring (bicyclic) bond motifs is 6. The van der Waals surface area contributed by atoms with Crippen molar-refractivity contribution >= 4 is 33.2 Å². The fourth-order valence-electron chi connectivity index (χ4n) is 4.40. The van der Waals surface area contributed by atoms with Crippen molar-refractivity contribution in [2.24, 2.45) is 5.10 Å². The van der Waals surface area contributed by atoms with Gasteiger partial charge in [0, 0.05) is 16.5 Å². The normalized spacial score (nSPS) is 23.9. The molecule has 0 bridgehead atoms. The first-order chi connectivity index (χ1) is 14.1. The number of nitrogens with one attached hydrogen (secondary N) is 1. The smallest absolute Gasteiger partial charge is 0.306 e. The Morgan fingerprint density at radius 1 is 1.21 bits per heavy atom. The van der Waals surface area contributed by atoms with Crippen molar-refractivity contribution in [3.05, 3.63) is 81.7 Å². The maximum Gasteiger partial charge on any atom is 0.306 e. The van der Waals surface area contributed by atoms with Crippen LogP contribution in [-0.4, -0.2) is 16.6 Å². The average molecular weight is 450 g/mol. The number of amides is 1. The van der Waals surface area contributed by atoms with Gasteiger partial charge in [0.05, 0.1) is 17.3 Å². The van der Waals surface area contributed by atoms with Crippen LogP contribution in [0.25, 0.3) is 0 Å². The van der Waals surface area contributed by atoms with Crippen molar-refractivity contribution < 1.29 is 13.9 Å². The molecule has 1 amide bonds. The first-order valence-electron chi connectivity index (χ1n) is 9.39. The molecule has 2 aromatic carbocycles. The second kappa shape index (κ2) is 5.73. The largest absolute Gasteiger partial charge is 0.460 e. The number of carbonyl (C=O) groups excluding carboxylic acids is 1. The molecule has 0 saturated carbocycles. The molecule has 144 valence electrons. The van der Waals surface area contributed by atoms with Crippen LogP contribution in [0.15, 0.2) is 68.6 Å². The third-order valence-electron chi connectivity index (χ3n) is 5.70. The molecule has 6 rings (SSSR count). The maximum atomic E-state index is 13.3. The van der Waals surface area contributed by atoms with Gasteiger partial charge in [-0.2, -0.15) is 5.10 Å². The first kappa shape index (κ1) is 16.9. The number of hydrogen-bond acceptors (Lipinski definition) is 5. The van der Waals surface area contributed by atoms with E-state index in [-0.39, 0.29) is 11.9 Å². The topological polar surface area (TPSA) is 67.1 Å². The zero-order chi connectivity index (χ0) is 19.8. The molecule has 3 aromatic rings. The number of aryl methyl sites for hydroxylation is 1. The molecule has 29 heavy (non-hydrogen) atoms. The van der Waals surface area contributed by atoms with E-state index in [9.17, 15) is 4.79 Å². The summed E-state index contributed by atoms with van der Waals surface area (Å²) >= 11 is 3.53. The number of ether oxygens (including phenoxy) is 1. The maximum absolute atomic E-state index is 13.3. The van der Waals surface area contributed by atoms with E-state index in [1.807, 2.05) is 61.5 Å². The average Bonchev–Trinajstić information content (AvgIpc) is 3.40. The molecule has 0 saturated heterocycles. The van der Waals surface area contributed by atoms with Crippen LogP contribution in [0.1, 0.15) is 35.1 Å². The van der Waals surface area contributed by atoms with Gasteiger partial charge in [-0.15, -0.1) is 0 Å². The summed E-state index contributed by atoms with van der Waals surface area (Å²) in [7, 11) is 0. The molecule has 6 nitrogen and oxygen atoms in total. The lowest BCUT2D eigenvalue weighted by atomic mass is 9.93. The molecule has 1 aromatic heterocycles. The van der Waals surface area contributed by atoms with Crippen LogP contribution in [-0.2, 0) is 10.5 Å². The molecule has 1 spiro atoms. The summed E-state index contributed by atoms with van der Waals surface area (Å²) in [6, 6.07) is 17.2. The van der Waals surface area contributed by atoms with Gasteiger partial charge in [0.15, 0.2) is 0 Å². The Morgan fingerprint density at radius 3 is 2.90 bits per heavy atom. The minimum Gasteiger partial charge on any atom is -0.460 e. The number of halogens is 1. The molecular weight excluding hydrogens is 434 g/mol. The third kappa shape index (κ3) is 2.22. The molecule has 3 aliphatic rings. The fraction of sp³-hybridized carbons (Fsp3) is 0.182. The number of carbonyl (C=O) groups is 1. The van der Waals surface area contributed by atoms with Crippen LogP contribution < -0.4 is 10.1 Å². The van der Waals surface area contributed by atoms with Crippen LogP contribution in [0.4, 0.5) is 5.69 Å². The molecule has 0 unspecified atom stereocenters. The number of anilines is 1. The van der Waals surface area contributed by atoms with E-state index in [1.54, 1.807) is 5.01 Å². The first-order valence-corrected chi connectivity index (χ1v) is 10.2. The van der Waals surface area contributed by atoms with Crippen molar-refractivity contribution in [2.45, 2.75) is 25.1 Å². The molecule has 7 heteroatoms. The lowest BCUT2D eigenvalue weighted by Crippen LogP contribution is -2.55. The Hall–Kier alpha value is -3.06. The second-order valence-electron chi connectivity index (χ2n) is 7.45. The highest BCUT2D eigenvalue weighted by atomic mass is 79.9. The molecule has 1 N–H and O–H groups in total. The van der Waals surface area contributed by atoms with Crippen molar-refractivity contribution in [3.8, 4) is 5.75 Å². The van der Waals surface area contributed by atoms with E-state index in [2.05, 4.69) is 21.2 Å². The van der Waals surface area contributed by atoms with Gasteiger partial charge in [0.25, 0.3) is 5.91 Å². The van der Waals surface area contributed by atoms with E-state index in [0.29, 0.717) is 12.2 Å². The van der Waals surface area contributed by atoms with E-state index in [1.165, 1.54) is 0 Å². The summed E-state index contributed by atoms with van der Waals surface area (Å²) in [5.74, 6) is 2.00. The summed E-state index contributed by atoms with van der Waals surface area (Å²) < 4.78 is 13.1. The summed E-state index contributed by atoms with van der Waals surface area (Å²) in [4.78, 5) is 13.3. The van der Waals surface area contributed by atoms with E-state index < -0.39 is 5.72 Å². The third-order valence-corrected chi connectivity index (χ3v) is 6.19. The standard InChI is InChI=1S/C22H16BrN3O3/c1-12-6-9-20(28-12)17-11-18-14-4-2-3-5-19(14)29-22(26(18)25-17)15-10-13(23)7-8-16(15)24-21(22)27/h2-10,18H,11H2,1H3,(H,24,27)/t18-,22-/m1/s1. The number of benzene rings is 2. The number of nitrogens with zero attached hydrogens (tertiary/aromatic N) is 2. The Bertz CT molecular complexity index is 1220. The van der Waals surface area contributed by atoms with E-state index >= 15 is 0 Å². The van der Waals surface area contributed by atoms with Gasteiger partial charge in [0.1, 0.15) is 23.0 Å². The molecular formula is C22H16BrN3O3. The predicted octanol–water partition coefficient (Wildman–Crippen LogP) is 4.70. The Kier molecular flexibility index (Phi) is 3.33. The SMILES string of the molecule is Cc1ccc(C2=NN3[C@H](C2)c2ccccc2O[C@]32C(=O)Nc3ccc(Br)cc32)o1.